The summed E-state index contributed by atoms with van der Waals surface area (Å²) in [7, 11) is 5.59. The van der Waals surface area contributed by atoms with Crippen LogP contribution in [0.1, 0.15) is 16.8 Å². The van der Waals surface area contributed by atoms with E-state index in [-0.39, 0.29) is 5.97 Å². The standard InChI is InChI=1S/C15H24N2O3/c1-16-9-11-17(2)10-4-12-20-15(18)13-5-7-14(19-3)8-6-13/h5-8,16H,4,9-12H2,1-3H3. The molecule has 0 spiro atoms. The zero-order valence-corrected chi connectivity index (χ0v) is 12.5. The van der Waals surface area contributed by atoms with E-state index >= 15 is 0 Å². The molecule has 5 heteroatoms. The van der Waals surface area contributed by atoms with Crippen LogP contribution in [0.5, 0.6) is 5.75 Å². The van der Waals surface area contributed by atoms with E-state index in [4.69, 9.17) is 9.47 Å². The van der Waals surface area contributed by atoms with Gasteiger partial charge < -0.3 is 19.7 Å². The van der Waals surface area contributed by atoms with Crippen LogP contribution >= 0.6 is 0 Å². The minimum absolute atomic E-state index is 0.287. The number of rotatable bonds is 9. The zero-order valence-electron chi connectivity index (χ0n) is 12.5. The molecule has 0 radical (unpaired) electrons. The third-order valence-electron chi connectivity index (χ3n) is 2.99. The predicted octanol–water partition coefficient (Wildman–Crippen LogP) is 1.39. The summed E-state index contributed by atoms with van der Waals surface area (Å²) in [5, 5.41) is 3.10. The Kier molecular flexibility index (Phi) is 7.69. The number of nitrogens with zero attached hydrogens (tertiary/aromatic N) is 1. The van der Waals surface area contributed by atoms with Gasteiger partial charge in [-0.25, -0.2) is 4.79 Å². The van der Waals surface area contributed by atoms with E-state index in [2.05, 4.69) is 17.3 Å². The number of methoxy groups -OCH3 is 1. The van der Waals surface area contributed by atoms with Crippen LogP contribution < -0.4 is 10.1 Å². The van der Waals surface area contributed by atoms with Gasteiger partial charge in [-0.1, -0.05) is 0 Å². The Hall–Kier alpha value is -1.59. The lowest BCUT2D eigenvalue weighted by Crippen LogP contribution is -2.28. The largest absolute Gasteiger partial charge is 0.497 e. The molecule has 0 aliphatic carbocycles. The second-order valence-electron chi connectivity index (χ2n) is 4.62. The normalized spacial score (nSPS) is 10.6. The van der Waals surface area contributed by atoms with Crippen LogP contribution in [0.15, 0.2) is 24.3 Å². The van der Waals surface area contributed by atoms with Gasteiger partial charge in [0.1, 0.15) is 5.75 Å². The van der Waals surface area contributed by atoms with Crippen molar-refractivity contribution in [1.29, 1.82) is 0 Å². The molecule has 0 aromatic heterocycles. The number of benzene rings is 1. The second kappa shape index (κ2) is 9.34. The molecule has 20 heavy (non-hydrogen) atoms. The molecule has 0 unspecified atom stereocenters. The Morgan fingerprint density at radius 1 is 1.25 bits per heavy atom. The summed E-state index contributed by atoms with van der Waals surface area (Å²) in [4.78, 5) is 14.0. The summed E-state index contributed by atoms with van der Waals surface area (Å²) in [5.74, 6) is 0.443. The monoisotopic (exact) mass is 280 g/mol. The molecule has 1 N–H and O–H groups in total. The molecule has 5 nitrogen and oxygen atoms in total. The summed E-state index contributed by atoms with van der Waals surface area (Å²) in [6.45, 7) is 3.30. The van der Waals surface area contributed by atoms with Gasteiger partial charge >= 0.3 is 5.97 Å². The molecule has 1 aromatic rings. The Labute approximate surface area is 120 Å². The fraction of sp³-hybridized carbons (Fsp3) is 0.533. The average molecular weight is 280 g/mol. The second-order valence-corrected chi connectivity index (χ2v) is 4.62. The molecular weight excluding hydrogens is 256 g/mol. The van der Waals surface area contributed by atoms with Gasteiger partial charge in [-0.2, -0.15) is 0 Å². The van der Waals surface area contributed by atoms with Gasteiger partial charge in [0.2, 0.25) is 0 Å². The van der Waals surface area contributed by atoms with Crippen molar-refractivity contribution < 1.29 is 14.3 Å². The molecule has 0 aliphatic heterocycles. The summed E-state index contributed by atoms with van der Waals surface area (Å²) < 4.78 is 10.3. The van der Waals surface area contributed by atoms with Crippen LogP contribution in [-0.2, 0) is 4.74 Å². The van der Waals surface area contributed by atoms with Crippen LogP contribution in [0.2, 0.25) is 0 Å². The Balaban J connectivity index is 2.22. The number of hydrogen-bond donors (Lipinski definition) is 1. The quantitative estimate of drug-likeness (QED) is 0.547. The lowest BCUT2D eigenvalue weighted by atomic mass is 10.2. The van der Waals surface area contributed by atoms with Crippen molar-refractivity contribution in [3.8, 4) is 5.75 Å². The van der Waals surface area contributed by atoms with Crippen LogP contribution in [-0.4, -0.2) is 58.3 Å². The number of ether oxygens (including phenoxy) is 2. The lowest BCUT2D eigenvalue weighted by Gasteiger charge is -2.15. The van der Waals surface area contributed by atoms with E-state index in [1.54, 1.807) is 31.4 Å². The number of carbonyl (C=O) groups is 1. The Morgan fingerprint density at radius 2 is 1.95 bits per heavy atom. The van der Waals surface area contributed by atoms with Crippen molar-refractivity contribution >= 4 is 5.97 Å². The van der Waals surface area contributed by atoms with Gasteiger partial charge in [0.25, 0.3) is 0 Å². The molecule has 0 heterocycles. The van der Waals surface area contributed by atoms with Crippen molar-refractivity contribution in [3.63, 3.8) is 0 Å². The Bertz CT molecular complexity index is 393. The summed E-state index contributed by atoms with van der Waals surface area (Å²) in [6.07, 6.45) is 0.835. The molecule has 112 valence electrons. The van der Waals surface area contributed by atoms with Gasteiger partial charge in [0, 0.05) is 19.6 Å². The molecule has 1 aromatic carbocycles. The van der Waals surface area contributed by atoms with E-state index in [1.165, 1.54) is 0 Å². The number of carbonyl (C=O) groups excluding carboxylic acids is 1. The maximum atomic E-state index is 11.8. The average Bonchev–Trinajstić information content (AvgIpc) is 2.49. The highest BCUT2D eigenvalue weighted by Gasteiger charge is 2.07. The van der Waals surface area contributed by atoms with Gasteiger partial charge in [0.05, 0.1) is 19.3 Å². The van der Waals surface area contributed by atoms with E-state index < -0.39 is 0 Å². The van der Waals surface area contributed by atoms with E-state index in [1.807, 2.05) is 7.05 Å². The molecule has 1 rings (SSSR count). The molecule has 0 saturated heterocycles. The first-order valence-electron chi connectivity index (χ1n) is 6.81. The third kappa shape index (κ3) is 6.04. The molecule has 0 saturated carbocycles. The van der Waals surface area contributed by atoms with E-state index in [0.29, 0.717) is 12.2 Å². The van der Waals surface area contributed by atoms with Gasteiger partial charge in [0.15, 0.2) is 0 Å². The lowest BCUT2D eigenvalue weighted by molar-refractivity contribution is 0.0491. The predicted molar refractivity (Wildman–Crippen MR) is 79.3 cm³/mol. The Morgan fingerprint density at radius 3 is 2.55 bits per heavy atom. The number of esters is 1. The fourth-order valence-electron chi connectivity index (χ4n) is 1.72. The molecule has 0 bridgehead atoms. The van der Waals surface area contributed by atoms with Gasteiger partial charge in [-0.05, 0) is 44.8 Å². The maximum Gasteiger partial charge on any atom is 0.338 e. The number of hydrogen-bond acceptors (Lipinski definition) is 5. The topological polar surface area (TPSA) is 50.8 Å². The van der Waals surface area contributed by atoms with Crippen molar-refractivity contribution in [1.82, 2.24) is 10.2 Å². The van der Waals surface area contributed by atoms with Crippen LogP contribution in [0.25, 0.3) is 0 Å². The SMILES string of the molecule is CNCCN(C)CCCOC(=O)c1ccc(OC)cc1. The fourth-order valence-corrected chi connectivity index (χ4v) is 1.72. The summed E-state index contributed by atoms with van der Waals surface area (Å²) >= 11 is 0. The number of nitrogens with one attached hydrogen (secondary N) is 1. The molecule has 0 amide bonds. The first-order chi connectivity index (χ1) is 9.67. The highest BCUT2D eigenvalue weighted by Crippen LogP contribution is 2.12. The van der Waals surface area contributed by atoms with Crippen LogP contribution in [0, 0.1) is 0 Å². The minimum Gasteiger partial charge on any atom is -0.497 e. The molecule has 0 aliphatic rings. The van der Waals surface area contributed by atoms with E-state index in [9.17, 15) is 4.79 Å². The number of likely N-dealkylation sites (N-methyl/N-ethyl adjacent to an activating group) is 2. The van der Waals surface area contributed by atoms with Gasteiger partial charge in [-0.15, -0.1) is 0 Å². The molecule has 0 atom stereocenters. The first-order valence-corrected chi connectivity index (χ1v) is 6.81. The van der Waals surface area contributed by atoms with Crippen molar-refractivity contribution in [2.75, 3.05) is 47.4 Å². The molecule has 0 fully saturated rings. The third-order valence-corrected chi connectivity index (χ3v) is 2.99. The minimum atomic E-state index is -0.287. The summed E-state index contributed by atoms with van der Waals surface area (Å²) in [6, 6.07) is 6.92. The highest BCUT2D eigenvalue weighted by molar-refractivity contribution is 5.89. The van der Waals surface area contributed by atoms with Gasteiger partial charge in [-0.3, -0.25) is 0 Å². The van der Waals surface area contributed by atoms with Crippen molar-refractivity contribution in [3.05, 3.63) is 29.8 Å². The molecular formula is C15H24N2O3. The maximum absolute atomic E-state index is 11.8. The zero-order chi connectivity index (χ0) is 14.8. The first kappa shape index (κ1) is 16.5. The highest BCUT2D eigenvalue weighted by atomic mass is 16.5. The van der Waals surface area contributed by atoms with E-state index in [0.717, 1.165) is 31.8 Å². The van der Waals surface area contributed by atoms with Crippen molar-refractivity contribution in [2.24, 2.45) is 0 Å². The smallest absolute Gasteiger partial charge is 0.338 e. The van der Waals surface area contributed by atoms with Crippen LogP contribution in [0.4, 0.5) is 0 Å². The summed E-state index contributed by atoms with van der Waals surface area (Å²) in [5.41, 5.74) is 0.550. The van der Waals surface area contributed by atoms with Crippen molar-refractivity contribution in [2.45, 2.75) is 6.42 Å². The van der Waals surface area contributed by atoms with Crippen LogP contribution in [0.3, 0.4) is 0 Å².